The molecule has 0 saturated carbocycles. The molecule has 9 rings (SSSR count). The maximum absolute atomic E-state index is 15.1. The summed E-state index contributed by atoms with van der Waals surface area (Å²) >= 11 is 4.37. The summed E-state index contributed by atoms with van der Waals surface area (Å²) in [5, 5.41) is 42.7. The van der Waals surface area contributed by atoms with Crippen LogP contribution in [-0.2, 0) is 101 Å². The van der Waals surface area contributed by atoms with E-state index in [1.165, 1.54) is 75.1 Å². The number of thiol groups is 1. The van der Waals surface area contributed by atoms with Crippen LogP contribution in [0.25, 0.3) is 11.1 Å². The second-order valence-corrected chi connectivity index (χ2v) is 33.0. The number of ether oxygens (including phenoxy) is 1. The summed E-state index contributed by atoms with van der Waals surface area (Å²) in [5.41, 5.74) is 11.5. The molecule has 0 saturated heterocycles. The highest BCUT2D eigenvalue weighted by molar-refractivity contribution is 7.80. The van der Waals surface area contributed by atoms with Crippen LogP contribution in [0.1, 0.15) is 152 Å². The number of carbonyl (C=O) groups excluding carboxylic acids is 12. The van der Waals surface area contributed by atoms with Crippen LogP contribution in [0.4, 0.5) is 4.79 Å². The number of aromatic amines is 6. The van der Waals surface area contributed by atoms with Crippen LogP contribution in [0.3, 0.4) is 0 Å². The maximum Gasteiger partial charge on any atom is 0.407 e. The molecule has 12 atom stereocenters. The number of carboxylic acids is 1. The number of imidazole rings is 6. The second kappa shape index (κ2) is 47.5. The highest BCUT2D eigenvalue weighted by Gasteiger charge is 2.40. The van der Waals surface area contributed by atoms with Crippen LogP contribution in [-0.4, -0.2) is 233 Å². The summed E-state index contributed by atoms with van der Waals surface area (Å²) in [6.45, 7) is 14.6. The van der Waals surface area contributed by atoms with Crippen molar-refractivity contribution >= 4 is 89.7 Å². The summed E-state index contributed by atoms with van der Waals surface area (Å²) < 4.78 is 5.73. The van der Waals surface area contributed by atoms with Crippen molar-refractivity contribution in [2.75, 3.05) is 18.9 Å². The predicted molar refractivity (Wildman–Crippen MR) is 459 cm³/mol. The minimum absolute atomic E-state index is 0.0144. The maximum atomic E-state index is 15.1. The van der Waals surface area contributed by atoms with Gasteiger partial charge in [0.25, 0.3) is 0 Å². The van der Waals surface area contributed by atoms with Crippen molar-refractivity contribution in [1.29, 1.82) is 0 Å². The van der Waals surface area contributed by atoms with E-state index in [1.807, 2.05) is 62.4 Å². The van der Waals surface area contributed by atoms with Crippen molar-refractivity contribution in [3.05, 3.63) is 169 Å². The number of nitrogens with one attached hydrogen (secondary N) is 18. The highest BCUT2D eigenvalue weighted by Crippen LogP contribution is 2.44. The number of aliphatic carboxylic acids is 1. The standard InChI is InChI=1S/C84H115N25O15S/c1-45(2)21-61(100-77(115)66(26-50-32-87-40-93-50)107-81(119)70(30-54-36-91-44-97-54)105-75(113)64(24-48(7)8)102-82(120)71(38-125)109-84(123)124-37-59-57-17-11-9-15-55(57)56-16-10-12-18-58(56)59)72(110)99-62(22-46(3)4)73(111)103-69(29-53-35-90-43-96-53)80(118)108-67(27-51-33-88-41-94-51)78(116)101-63(23-47(5)6)74(112)104-68(28-52-34-89-42-95-52)79(117)106-65(25-49-31-86-39-92-49)76(114)98-60(83(121)122)19-13-14-20-85/h9-12,15-18,31-36,39-48,59-71,125H,13-14,19-30,37-38,85H2,1-8H3,(H,86,92)(H,87,93)(H,88,94)(H,89,95)(H,90,96)(H,91,97)(H,98,114)(H,99,110)(H,100,115)(H,101,116)(H,102,120)(H,103,111)(H,104,112)(H,105,113)(H,106,117)(H,107,119)(H,108,118)(H,109,123)(H,121,122)/t60-,61-,62-,63-,64-,65-,66-,67-,68-,69-,70-,71-/m0/s1. The SMILES string of the molecule is CC(C)C[C@H](NC(=O)[C@H](CS)NC(=O)OCC1c2ccccc2-c2ccccc21)C(=O)N[C@@H](Cc1c[nH]cn1)C(=O)N[C@@H](Cc1c[nH]cn1)C(=O)N[C@@H](CC(C)C)C(=O)N[C@@H](CC(C)C)C(=O)N[C@@H](Cc1c[nH]cn1)C(=O)N[C@@H](Cc1c[nH]cn1)C(=O)N[C@@H](CC(C)C)C(=O)N[C@@H](Cc1c[nH]cn1)C(=O)N[C@@H](Cc1c[nH]cn1)C(=O)N[C@@H](CCCCN)C(=O)O. The van der Waals surface area contributed by atoms with E-state index in [9.17, 15) is 43.5 Å². The molecule has 8 aromatic rings. The molecular weight excluding hydrogens is 1630 g/mol. The van der Waals surface area contributed by atoms with Crippen molar-refractivity contribution in [3.63, 3.8) is 0 Å². The predicted octanol–water partition coefficient (Wildman–Crippen LogP) is 1.35. The van der Waals surface area contributed by atoms with Gasteiger partial charge in [-0.2, -0.15) is 12.6 Å². The average molecular weight is 1750 g/mol. The molecule has 1 aliphatic rings. The van der Waals surface area contributed by atoms with Crippen molar-refractivity contribution in [1.82, 2.24) is 124 Å². The van der Waals surface area contributed by atoms with Gasteiger partial charge in [0.1, 0.15) is 79.1 Å². The molecule has 0 fully saturated rings. The molecule has 672 valence electrons. The number of alkyl carbamates (subject to hydrolysis) is 1. The first kappa shape index (κ1) is 95.8. The van der Waals surface area contributed by atoms with Gasteiger partial charge in [-0.25, -0.2) is 39.5 Å². The van der Waals surface area contributed by atoms with Crippen molar-refractivity contribution in [2.24, 2.45) is 29.4 Å². The molecule has 6 heterocycles. The minimum atomic E-state index is -1.54. The Hall–Kier alpha value is -13.1. The zero-order valence-corrected chi connectivity index (χ0v) is 71.9. The molecule has 0 spiro atoms. The molecule has 40 nitrogen and oxygen atoms in total. The number of hydrogen-bond acceptors (Lipinski definition) is 22. The average Bonchev–Trinajstić information content (AvgIpc) is 1.61. The van der Waals surface area contributed by atoms with E-state index in [2.05, 4.69) is 136 Å². The van der Waals surface area contributed by atoms with E-state index in [0.29, 0.717) is 42.2 Å². The Morgan fingerprint density at radius 3 is 0.824 bits per heavy atom. The van der Waals surface area contributed by atoms with E-state index in [4.69, 9.17) is 10.5 Å². The molecule has 21 N–H and O–H groups in total. The van der Waals surface area contributed by atoms with Crippen LogP contribution >= 0.6 is 12.6 Å². The molecule has 6 aromatic heterocycles. The zero-order chi connectivity index (χ0) is 90.2. The molecule has 12 amide bonds. The van der Waals surface area contributed by atoms with Crippen LogP contribution in [0.5, 0.6) is 0 Å². The van der Waals surface area contributed by atoms with Crippen molar-refractivity contribution in [2.45, 2.75) is 217 Å². The smallest absolute Gasteiger partial charge is 0.407 e. The Balaban J connectivity index is 0.890. The number of carboxylic acid groups (broad SMARTS) is 1. The molecular formula is C84H115N25O15S. The lowest BCUT2D eigenvalue weighted by molar-refractivity contribution is -0.142. The first-order valence-electron chi connectivity index (χ1n) is 41.8. The summed E-state index contributed by atoms with van der Waals surface area (Å²) in [6.07, 6.45) is 15.6. The Labute approximate surface area is 727 Å². The number of hydrogen-bond donors (Lipinski definition) is 21. The summed E-state index contributed by atoms with van der Waals surface area (Å²) in [7, 11) is 0. The fourth-order valence-corrected chi connectivity index (χ4v) is 14.7. The van der Waals surface area contributed by atoms with Gasteiger partial charge in [0.15, 0.2) is 0 Å². The number of unbranched alkanes of at least 4 members (excludes halogenated alkanes) is 1. The Morgan fingerprint density at radius 1 is 0.352 bits per heavy atom. The number of aromatic nitrogens is 12. The molecule has 0 radical (unpaired) electrons. The fourth-order valence-electron chi connectivity index (χ4n) is 14.5. The number of nitrogens with two attached hydrogens (primary N) is 1. The van der Waals surface area contributed by atoms with E-state index >= 15 is 24.0 Å². The second-order valence-electron chi connectivity index (χ2n) is 32.6. The van der Waals surface area contributed by atoms with Gasteiger partial charge in [-0.15, -0.1) is 0 Å². The van der Waals surface area contributed by atoms with Crippen molar-refractivity contribution < 1.29 is 72.2 Å². The molecule has 41 heteroatoms. The number of amides is 12. The van der Waals surface area contributed by atoms with E-state index in [1.54, 1.807) is 41.5 Å². The number of carbonyl (C=O) groups is 13. The Bertz CT molecular complexity index is 4770. The normalized spacial score (nSPS) is 14.7. The number of rotatable bonds is 51. The number of benzene rings is 2. The summed E-state index contributed by atoms with van der Waals surface area (Å²) in [5.74, 6) is -12.3. The monoisotopic (exact) mass is 1750 g/mol. The number of H-pyrrole nitrogens is 6. The molecule has 1 aliphatic carbocycles. The first-order valence-corrected chi connectivity index (χ1v) is 42.4. The topological polar surface area (TPSA) is 594 Å². The Morgan fingerprint density at radius 2 is 0.592 bits per heavy atom. The van der Waals surface area contributed by atoms with Crippen LogP contribution in [0.15, 0.2) is 124 Å². The summed E-state index contributed by atoms with van der Waals surface area (Å²) in [4.78, 5) is 231. The van der Waals surface area contributed by atoms with Crippen LogP contribution in [0.2, 0.25) is 0 Å². The molecule has 125 heavy (non-hydrogen) atoms. The van der Waals surface area contributed by atoms with Gasteiger partial charge in [-0.05, 0) is 97.4 Å². The lowest BCUT2D eigenvalue weighted by atomic mass is 9.98. The third kappa shape index (κ3) is 29.6. The van der Waals surface area contributed by atoms with Gasteiger partial charge in [0, 0.05) is 87.4 Å². The van der Waals surface area contributed by atoms with Crippen LogP contribution < -0.4 is 69.5 Å². The van der Waals surface area contributed by atoms with Gasteiger partial charge in [-0.3, -0.25) is 52.7 Å². The third-order valence-electron chi connectivity index (χ3n) is 20.7. The van der Waals surface area contributed by atoms with Gasteiger partial charge < -0.3 is 109 Å². The molecule has 0 unspecified atom stereocenters. The van der Waals surface area contributed by atoms with Gasteiger partial charge in [0.05, 0.1) is 72.1 Å². The zero-order valence-electron chi connectivity index (χ0n) is 71.0. The Kier molecular flexibility index (Phi) is 36.4. The lowest BCUT2D eigenvalue weighted by Crippen LogP contribution is -2.62. The quantitative estimate of drug-likeness (QED) is 0.0189. The van der Waals surface area contributed by atoms with E-state index in [0.717, 1.165) is 22.3 Å². The number of nitrogens with zero attached hydrogens (tertiary/aromatic N) is 6. The van der Waals surface area contributed by atoms with E-state index < -0.39 is 150 Å². The largest absolute Gasteiger partial charge is 0.480 e. The minimum Gasteiger partial charge on any atom is -0.480 e. The highest BCUT2D eigenvalue weighted by atomic mass is 32.1. The van der Waals surface area contributed by atoms with Gasteiger partial charge in [0.2, 0.25) is 65.0 Å². The fraction of sp³-hybridized carbons (Fsp3) is 0.488. The van der Waals surface area contributed by atoms with E-state index in [-0.39, 0.29) is 124 Å². The molecule has 0 aliphatic heterocycles. The third-order valence-corrected chi connectivity index (χ3v) is 21.0. The first-order chi connectivity index (χ1) is 59.9. The van der Waals surface area contributed by atoms with Crippen LogP contribution in [0, 0.1) is 23.7 Å². The molecule has 2 aromatic carbocycles. The lowest BCUT2D eigenvalue weighted by Gasteiger charge is -2.29. The van der Waals surface area contributed by atoms with Gasteiger partial charge >= 0.3 is 12.1 Å². The van der Waals surface area contributed by atoms with Gasteiger partial charge in [-0.1, -0.05) is 104 Å². The van der Waals surface area contributed by atoms with Crippen molar-refractivity contribution in [3.8, 4) is 11.1 Å². The number of fused-ring (bicyclic) bond motifs is 3. The molecule has 0 bridgehead atoms. The summed E-state index contributed by atoms with van der Waals surface area (Å²) in [6, 6.07) is -1.43.